The third-order valence-electron chi connectivity index (χ3n) is 2.55. The number of nitrogens with two attached hydrogens (primary N) is 1. The molecule has 0 saturated carbocycles. The normalized spacial score (nSPS) is 14.1. The lowest BCUT2D eigenvalue weighted by Crippen LogP contribution is -2.32. The smallest absolute Gasteiger partial charge is 0.0703 e. The van der Waals surface area contributed by atoms with Gasteiger partial charge in [-0.2, -0.15) is 0 Å². The van der Waals surface area contributed by atoms with E-state index in [-0.39, 0.29) is 0 Å². The quantitative estimate of drug-likeness (QED) is 0.610. The summed E-state index contributed by atoms with van der Waals surface area (Å²) in [6.45, 7) is 4.04. The highest BCUT2D eigenvalue weighted by Gasteiger charge is 2.01. The molecule has 0 aliphatic heterocycles. The van der Waals surface area contributed by atoms with Gasteiger partial charge in [0.1, 0.15) is 0 Å². The molecule has 14 heavy (non-hydrogen) atoms. The first-order chi connectivity index (χ1) is 6.79. The third-order valence-corrected chi connectivity index (χ3v) is 2.55. The molecule has 0 amide bonds. The monoisotopic (exact) mass is 186 g/mol. The van der Waals surface area contributed by atoms with Crippen LogP contribution in [0.25, 0.3) is 23.1 Å². The number of nitrogen functional groups attached to an aromatic ring is 1. The minimum absolute atomic E-state index is 1.08. The number of aromatic nitrogens is 1. The van der Waals surface area contributed by atoms with Crippen LogP contribution in [0.2, 0.25) is 0 Å². The van der Waals surface area contributed by atoms with Gasteiger partial charge in [0.05, 0.1) is 10.9 Å². The molecule has 72 valence electrons. The van der Waals surface area contributed by atoms with E-state index in [4.69, 9.17) is 5.84 Å². The second-order valence-electron chi connectivity index (χ2n) is 3.26. The Bertz CT molecular complexity index is 576. The van der Waals surface area contributed by atoms with Crippen molar-refractivity contribution in [3.63, 3.8) is 0 Å². The number of fused-ring (bicyclic) bond motifs is 1. The number of hydrogen-bond acceptors (Lipinski definition) is 1. The van der Waals surface area contributed by atoms with E-state index >= 15 is 0 Å². The van der Waals surface area contributed by atoms with Crippen molar-refractivity contribution in [1.29, 1.82) is 0 Å². The summed E-state index contributed by atoms with van der Waals surface area (Å²) in [4.78, 5) is 0. The summed E-state index contributed by atoms with van der Waals surface area (Å²) in [6, 6.07) is 8.18. The van der Waals surface area contributed by atoms with Gasteiger partial charge in [-0.3, -0.25) is 4.68 Å². The van der Waals surface area contributed by atoms with E-state index in [2.05, 4.69) is 12.1 Å². The Labute approximate surface area is 82.9 Å². The van der Waals surface area contributed by atoms with Gasteiger partial charge in [0.15, 0.2) is 0 Å². The molecule has 1 aromatic heterocycles. The van der Waals surface area contributed by atoms with Crippen molar-refractivity contribution in [3.05, 3.63) is 34.8 Å². The highest BCUT2D eigenvalue weighted by Crippen LogP contribution is 2.05. The fraction of sp³-hybridized carbons (Fsp3) is 0.167. The molecule has 0 aliphatic rings. The van der Waals surface area contributed by atoms with Crippen LogP contribution in [0.5, 0.6) is 0 Å². The molecule has 2 aromatic rings. The van der Waals surface area contributed by atoms with Gasteiger partial charge in [-0.25, -0.2) is 0 Å². The van der Waals surface area contributed by atoms with Crippen LogP contribution < -0.4 is 16.4 Å². The van der Waals surface area contributed by atoms with Crippen LogP contribution in [-0.2, 0) is 0 Å². The molecule has 0 atom stereocenters. The minimum Gasteiger partial charge on any atom is -0.339 e. The van der Waals surface area contributed by atoms with Crippen molar-refractivity contribution in [2.24, 2.45) is 0 Å². The number of nitrogens with zero attached hydrogens (tertiary/aromatic N) is 1. The summed E-state index contributed by atoms with van der Waals surface area (Å²) >= 11 is 0. The van der Waals surface area contributed by atoms with Crippen LogP contribution in [0, 0.1) is 0 Å². The number of benzene rings is 1. The van der Waals surface area contributed by atoms with Crippen molar-refractivity contribution in [1.82, 2.24) is 4.68 Å². The first-order valence-electron chi connectivity index (χ1n) is 4.76. The highest BCUT2D eigenvalue weighted by atomic mass is 15.3. The molecule has 0 radical (unpaired) electrons. The van der Waals surface area contributed by atoms with E-state index in [1.165, 1.54) is 10.6 Å². The Kier molecular flexibility index (Phi) is 2.04. The number of hydrogen-bond donors (Lipinski definition) is 1. The standard InChI is InChI=1S/C12H14N2/c1-3-9-10-7-5-6-8-12(10)14(13)11(9)4-2/h3-8H,13H2,1-2H3/b9-3-,11-4+. The van der Waals surface area contributed by atoms with Gasteiger partial charge in [-0.15, -0.1) is 0 Å². The molecule has 0 bridgehead atoms. The first-order valence-corrected chi connectivity index (χ1v) is 4.76. The SMILES string of the molecule is C/C=c1\c(=C/C)n(N)c2ccccc12. The molecular weight excluding hydrogens is 172 g/mol. The van der Waals surface area contributed by atoms with Gasteiger partial charge in [0.2, 0.25) is 0 Å². The summed E-state index contributed by atoms with van der Waals surface area (Å²) in [5.41, 5.74) is 1.08. The van der Waals surface area contributed by atoms with Crippen LogP contribution in [0.4, 0.5) is 0 Å². The Morgan fingerprint density at radius 3 is 2.50 bits per heavy atom. The van der Waals surface area contributed by atoms with Gasteiger partial charge in [0.25, 0.3) is 0 Å². The maximum absolute atomic E-state index is 5.99. The molecule has 0 spiro atoms. The van der Waals surface area contributed by atoms with E-state index in [0.29, 0.717) is 0 Å². The van der Waals surface area contributed by atoms with Crippen molar-refractivity contribution in [2.75, 3.05) is 5.84 Å². The molecule has 2 rings (SSSR count). The third kappa shape index (κ3) is 1.04. The summed E-state index contributed by atoms with van der Waals surface area (Å²) < 4.78 is 1.74. The topological polar surface area (TPSA) is 30.9 Å². The summed E-state index contributed by atoms with van der Waals surface area (Å²) in [7, 11) is 0. The Morgan fingerprint density at radius 2 is 1.86 bits per heavy atom. The maximum atomic E-state index is 5.99. The van der Waals surface area contributed by atoms with Gasteiger partial charge in [-0.1, -0.05) is 30.4 Å². The Balaban J connectivity index is 3.17. The summed E-state index contributed by atoms with van der Waals surface area (Å²) in [5.74, 6) is 5.99. The summed E-state index contributed by atoms with van der Waals surface area (Å²) in [5, 5.41) is 3.50. The van der Waals surface area contributed by atoms with Gasteiger partial charge < -0.3 is 5.84 Å². The predicted octanol–water partition coefficient (Wildman–Crippen LogP) is 0.956. The molecule has 0 aliphatic carbocycles. The first kappa shape index (κ1) is 8.88. The second kappa shape index (κ2) is 3.22. The van der Waals surface area contributed by atoms with E-state index in [1.54, 1.807) is 4.68 Å². The lowest BCUT2D eigenvalue weighted by Gasteiger charge is -1.94. The lowest BCUT2D eigenvalue weighted by molar-refractivity contribution is 1.01. The van der Waals surface area contributed by atoms with Crippen LogP contribution in [-0.4, -0.2) is 4.68 Å². The van der Waals surface area contributed by atoms with Gasteiger partial charge in [-0.05, 0) is 19.9 Å². The van der Waals surface area contributed by atoms with Crippen LogP contribution in [0.3, 0.4) is 0 Å². The largest absolute Gasteiger partial charge is 0.339 e. The van der Waals surface area contributed by atoms with Crippen LogP contribution >= 0.6 is 0 Å². The van der Waals surface area contributed by atoms with Crippen molar-refractivity contribution in [3.8, 4) is 0 Å². The molecule has 2 heteroatoms. The van der Waals surface area contributed by atoms with E-state index < -0.39 is 0 Å². The molecule has 1 heterocycles. The molecule has 2 N–H and O–H groups in total. The van der Waals surface area contributed by atoms with Crippen molar-refractivity contribution >= 4 is 23.1 Å². The minimum atomic E-state index is 1.08. The maximum Gasteiger partial charge on any atom is 0.0703 e. The Morgan fingerprint density at radius 1 is 1.14 bits per heavy atom. The van der Waals surface area contributed by atoms with Crippen LogP contribution in [0.15, 0.2) is 24.3 Å². The zero-order valence-electron chi connectivity index (χ0n) is 8.49. The van der Waals surface area contributed by atoms with E-state index in [0.717, 1.165) is 10.9 Å². The number of para-hydroxylation sites is 1. The Hall–Kier alpha value is -1.70. The van der Waals surface area contributed by atoms with Crippen LogP contribution in [0.1, 0.15) is 13.8 Å². The van der Waals surface area contributed by atoms with Gasteiger partial charge >= 0.3 is 0 Å². The number of rotatable bonds is 0. The van der Waals surface area contributed by atoms with Gasteiger partial charge in [0, 0.05) is 10.6 Å². The fourth-order valence-corrected chi connectivity index (χ4v) is 1.91. The zero-order chi connectivity index (χ0) is 10.1. The summed E-state index contributed by atoms with van der Waals surface area (Å²) in [6.07, 6.45) is 4.14. The average molecular weight is 186 g/mol. The molecule has 0 unspecified atom stereocenters. The predicted molar refractivity (Wildman–Crippen MR) is 61.6 cm³/mol. The molecule has 2 nitrogen and oxygen atoms in total. The lowest BCUT2D eigenvalue weighted by atomic mass is 10.2. The fourth-order valence-electron chi connectivity index (χ4n) is 1.91. The highest BCUT2D eigenvalue weighted by molar-refractivity contribution is 5.81. The second-order valence-corrected chi connectivity index (χ2v) is 3.26. The molecular formula is C12H14N2. The van der Waals surface area contributed by atoms with E-state index in [1.807, 2.05) is 38.1 Å². The molecule has 1 aromatic carbocycles. The molecule has 0 fully saturated rings. The zero-order valence-corrected chi connectivity index (χ0v) is 8.49. The van der Waals surface area contributed by atoms with Crippen molar-refractivity contribution in [2.45, 2.75) is 13.8 Å². The van der Waals surface area contributed by atoms with E-state index in [9.17, 15) is 0 Å². The average Bonchev–Trinajstić information content (AvgIpc) is 2.51. The molecule has 0 saturated heterocycles. The van der Waals surface area contributed by atoms with Crippen molar-refractivity contribution < 1.29 is 0 Å².